The molecule has 0 spiro atoms. The van der Waals surface area contributed by atoms with E-state index in [2.05, 4.69) is 5.10 Å². The summed E-state index contributed by atoms with van der Waals surface area (Å²) >= 11 is 11.6. The van der Waals surface area contributed by atoms with Gasteiger partial charge in [-0.2, -0.15) is 32.3 Å². The van der Waals surface area contributed by atoms with Gasteiger partial charge in [-0.25, -0.2) is 8.89 Å². The zero-order valence-corrected chi connectivity index (χ0v) is 13.9. The fourth-order valence-corrected chi connectivity index (χ4v) is 3.27. The SMILES string of the molecule is N#Cc1nn(-c2c(Cl)cc(C(F)(F)F)cc2Cl)c(N)c1S(=O)C(F)F. The molecule has 0 fully saturated rings. The minimum Gasteiger partial charge on any atom is -0.383 e. The van der Waals surface area contributed by atoms with Crippen LogP contribution in [0.2, 0.25) is 10.0 Å². The minimum atomic E-state index is -4.73. The molecule has 0 aliphatic rings. The van der Waals surface area contributed by atoms with E-state index < -0.39 is 54.7 Å². The maximum absolute atomic E-state index is 12.7. The molecule has 1 aromatic heterocycles. The molecule has 0 radical (unpaired) electrons. The van der Waals surface area contributed by atoms with Crippen LogP contribution in [0.25, 0.3) is 5.69 Å². The van der Waals surface area contributed by atoms with E-state index in [9.17, 15) is 26.2 Å². The smallest absolute Gasteiger partial charge is 0.383 e. The first-order chi connectivity index (χ1) is 11.5. The number of nitrogens with two attached hydrogens (primary N) is 1. The lowest BCUT2D eigenvalue weighted by molar-refractivity contribution is -0.137. The summed E-state index contributed by atoms with van der Waals surface area (Å²) in [7, 11) is -2.97. The van der Waals surface area contributed by atoms with Crippen molar-refractivity contribution >= 4 is 39.8 Å². The Balaban J connectivity index is 2.73. The van der Waals surface area contributed by atoms with Gasteiger partial charge >= 0.3 is 11.9 Å². The van der Waals surface area contributed by atoms with Crippen molar-refractivity contribution in [2.75, 3.05) is 5.73 Å². The van der Waals surface area contributed by atoms with Crippen LogP contribution in [0, 0.1) is 11.3 Å². The van der Waals surface area contributed by atoms with Crippen LogP contribution in [-0.4, -0.2) is 19.7 Å². The molecule has 13 heteroatoms. The van der Waals surface area contributed by atoms with Crippen LogP contribution in [-0.2, 0) is 17.0 Å². The molecule has 0 saturated heterocycles. The Morgan fingerprint density at radius 2 is 1.80 bits per heavy atom. The zero-order chi connectivity index (χ0) is 19.1. The average Bonchev–Trinajstić information content (AvgIpc) is 2.81. The molecular weight excluding hydrogens is 414 g/mol. The lowest BCUT2D eigenvalue weighted by atomic mass is 10.2. The third-order valence-electron chi connectivity index (χ3n) is 2.90. The fraction of sp³-hybridized carbons (Fsp3) is 0.167. The summed E-state index contributed by atoms with van der Waals surface area (Å²) in [6.07, 6.45) is -4.73. The Labute approximate surface area is 149 Å². The maximum Gasteiger partial charge on any atom is 0.416 e. The lowest BCUT2D eigenvalue weighted by Crippen LogP contribution is -2.10. The number of hydrogen-bond acceptors (Lipinski definition) is 4. The van der Waals surface area contributed by atoms with Gasteiger partial charge in [-0.05, 0) is 12.1 Å². The second kappa shape index (κ2) is 6.78. The van der Waals surface area contributed by atoms with Crippen molar-refractivity contribution in [1.82, 2.24) is 9.78 Å². The number of benzene rings is 1. The Hall–Kier alpha value is -1.90. The van der Waals surface area contributed by atoms with Gasteiger partial charge in [-0.1, -0.05) is 23.2 Å². The van der Waals surface area contributed by atoms with Crippen molar-refractivity contribution in [2.45, 2.75) is 16.8 Å². The summed E-state index contributed by atoms with van der Waals surface area (Å²) in [4.78, 5) is -0.760. The van der Waals surface area contributed by atoms with Gasteiger partial charge in [0.05, 0.1) is 15.6 Å². The average molecular weight is 419 g/mol. The Kier molecular flexibility index (Phi) is 5.27. The topological polar surface area (TPSA) is 84.7 Å². The normalized spacial score (nSPS) is 13.1. The van der Waals surface area contributed by atoms with Crippen LogP contribution in [0.3, 0.4) is 0 Å². The number of nitrogen functional groups attached to an aromatic ring is 1. The highest BCUT2D eigenvalue weighted by Gasteiger charge is 2.33. The maximum atomic E-state index is 12.7. The first-order valence-corrected chi connectivity index (χ1v) is 7.99. The minimum absolute atomic E-state index is 0.372. The molecular formula is C12H5Cl2F5N4OS. The quantitative estimate of drug-likeness (QED) is 0.763. The first kappa shape index (κ1) is 19.4. The highest BCUT2D eigenvalue weighted by atomic mass is 35.5. The molecule has 2 rings (SSSR count). The summed E-state index contributed by atoms with van der Waals surface area (Å²) in [6.45, 7) is 0. The number of nitrogens with zero attached hydrogens (tertiary/aromatic N) is 3. The van der Waals surface area contributed by atoms with Gasteiger partial charge in [0, 0.05) is 0 Å². The van der Waals surface area contributed by atoms with Crippen molar-refractivity contribution in [3.63, 3.8) is 0 Å². The van der Waals surface area contributed by atoms with Gasteiger partial charge in [-0.15, -0.1) is 0 Å². The fourth-order valence-electron chi connectivity index (χ4n) is 1.88. The summed E-state index contributed by atoms with van der Waals surface area (Å²) < 4.78 is 75.8. The molecule has 0 amide bonds. The molecule has 5 nitrogen and oxygen atoms in total. The van der Waals surface area contributed by atoms with Crippen LogP contribution >= 0.6 is 23.2 Å². The zero-order valence-electron chi connectivity index (χ0n) is 11.6. The second-order valence-electron chi connectivity index (χ2n) is 4.43. The van der Waals surface area contributed by atoms with Gasteiger partial charge in [0.1, 0.15) is 33.3 Å². The van der Waals surface area contributed by atoms with E-state index >= 15 is 0 Å². The molecule has 1 atom stereocenters. The van der Waals surface area contributed by atoms with Gasteiger partial charge < -0.3 is 5.73 Å². The van der Waals surface area contributed by atoms with E-state index in [4.69, 9.17) is 34.2 Å². The van der Waals surface area contributed by atoms with Gasteiger partial charge in [0.15, 0.2) is 5.69 Å². The van der Waals surface area contributed by atoms with Crippen LogP contribution in [0.15, 0.2) is 17.0 Å². The van der Waals surface area contributed by atoms with E-state index in [-0.39, 0.29) is 5.69 Å². The monoisotopic (exact) mass is 418 g/mol. The number of nitriles is 1. The molecule has 2 aromatic rings. The summed E-state index contributed by atoms with van der Waals surface area (Å²) in [5.41, 5.74) is 3.37. The third kappa shape index (κ3) is 3.56. The van der Waals surface area contributed by atoms with Crippen molar-refractivity contribution in [3.8, 4) is 11.8 Å². The van der Waals surface area contributed by atoms with Crippen LogP contribution < -0.4 is 5.73 Å². The van der Waals surface area contributed by atoms with E-state index in [0.29, 0.717) is 16.8 Å². The molecule has 0 aliphatic heterocycles. The van der Waals surface area contributed by atoms with Crippen molar-refractivity contribution in [1.29, 1.82) is 5.26 Å². The number of rotatable bonds is 3. The molecule has 1 heterocycles. The van der Waals surface area contributed by atoms with Crippen LogP contribution in [0.5, 0.6) is 0 Å². The van der Waals surface area contributed by atoms with Crippen LogP contribution in [0.4, 0.5) is 27.8 Å². The van der Waals surface area contributed by atoms with Gasteiger partial charge in [-0.3, -0.25) is 0 Å². The highest BCUT2D eigenvalue weighted by Crippen LogP contribution is 2.39. The lowest BCUT2D eigenvalue weighted by Gasteiger charge is -2.13. The molecule has 0 saturated carbocycles. The first-order valence-electron chi connectivity index (χ1n) is 6.03. The van der Waals surface area contributed by atoms with E-state index in [1.807, 2.05) is 0 Å². The van der Waals surface area contributed by atoms with Crippen molar-refractivity contribution < 1.29 is 26.2 Å². The van der Waals surface area contributed by atoms with Gasteiger partial charge in [0.25, 0.3) is 0 Å². The standard InChI is InChI=1S/C12H5Cl2F5N4OS/c13-5-1-4(12(17,18)19)2-6(14)8(5)23-10(21)9(7(3-20)22-23)25(24)11(15)16/h1-2,11H,21H2. The van der Waals surface area contributed by atoms with E-state index in [0.717, 1.165) is 0 Å². The number of hydrogen-bond donors (Lipinski definition) is 1. The Morgan fingerprint density at radius 3 is 2.20 bits per heavy atom. The predicted molar refractivity (Wildman–Crippen MR) is 80.1 cm³/mol. The Morgan fingerprint density at radius 1 is 1.28 bits per heavy atom. The van der Waals surface area contributed by atoms with Crippen molar-refractivity contribution in [3.05, 3.63) is 33.4 Å². The summed E-state index contributed by atoms with van der Waals surface area (Å²) in [5, 5.41) is 11.4. The summed E-state index contributed by atoms with van der Waals surface area (Å²) in [5.74, 6) is -4.01. The molecule has 2 N–H and O–H groups in total. The number of halogens is 7. The molecule has 0 bridgehead atoms. The number of aromatic nitrogens is 2. The number of anilines is 1. The molecule has 0 aliphatic carbocycles. The number of alkyl halides is 5. The molecule has 1 aromatic carbocycles. The molecule has 134 valence electrons. The van der Waals surface area contributed by atoms with Crippen LogP contribution in [0.1, 0.15) is 11.3 Å². The second-order valence-corrected chi connectivity index (χ2v) is 6.60. The summed E-state index contributed by atoms with van der Waals surface area (Å²) in [6, 6.07) is 2.49. The predicted octanol–water partition coefficient (Wildman–Crippen LogP) is 3.98. The van der Waals surface area contributed by atoms with Crippen molar-refractivity contribution in [2.24, 2.45) is 0 Å². The third-order valence-corrected chi connectivity index (χ3v) is 4.61. The van der Waals surface area contributed by atoms with E-state index in [1.54, 1.807) is 0 Å². The molecule has 25 heavy (non-hydrogen) atoms. The Bertz CT molecular complexity index is 883. The largest absolute Gasteiger partial charge is 0.416 e. The van der Waals surface area contributed by atoms with E-state index in [1.165, 1.54) is 6.07 Å². The molecule has 1 unspecified atom stereocenters. The van der Waals surface area contributed by atoms with Gasteiger partial charge in [0.2, 0.25) is 0 Å². The highest BCUT2D eigenvalue weighted by molar-refractivity contribution is 7.85.